The predicted molar refractivity (Wildman–Crippen MR) is 83.4 cm³/mol. The number of urea groups is 1. The second-order valence-electron chi connectivity index (χ2n) is 6.59. The maximum absolute atomic E-state index is 12.1. The number of carbonyl (C=O) groups excluding carboxylic acids is 1. The molecule has 1 saturated heterocycles. The van der Waals surface area contributed by atoms with Gasteiger partial charge in [0, 0.05) is 44.0 Å². The Balaban J connectivity index is 1.40. The Morgan fingerprint density at radius 1 is 1.45 bits per heavy atom. The van der Waals surface area contributed by atoms with Crippen molar-refractivity contribution in [2.24, 2.45) is 11.8 Å². The molecule has 1 saturated carbocycles. The summed E-state index contributed by atoms with van der Waals surface area (Å²) >= 11 is 0. The zero-order valence-corrected chi connectivity index (χ0v) is 13.2. The number of nitrogens with one attached hydrogen (secondary N) is 2. The topological polar surface area (TPSA) is 68.2 Å². The van der Waals surface area contributed by atoms with Crippen LogP contribution in [0.25, 0.3) is 0 Å². The summed E-state index contributed by atoms with van der Waals surface area (Å²) in [6.45, 7) is 4.43. The van der Waals surface area contributed by atoms with Crippen molar-refractivity contribution >= 4 is 6.03 Å². The minimum atomic E-state index is -0.0511. The van der Waals surface area contributed by atoms with E-state index in [9.17, 15) is 4.79 Å². The second kappa shape index (κ2) is 7.13. The minimum Gasteiger partial charge on any atom is -0.378 e. The van der Waals surface area contributed by atoms with Gasteiger partial charge in [-0.3, -0.25) is 4.68 Å². The number of amides is 2. The van der Waals surface area contributed by atoms with Gasteiger partial charge < -0.3 is 15.4 Å². The van der Waals surface area contributed by atoms with Crippen LogP contribution >= 0.6 is 0 Å². The molecule has 122 valence electrons. The lowest BCUT2D eigenvalue weighted by Crippen LogP contribution is -2.49. The molecule has 0 bridgehead atoms. The average molecular weight is 306 g/mol. The van der Waals surface area contributed by atoms with Crippen LogP contribution in [0, 0.1) is 11.8 Å². The van der Waals surface area contributed by atoms with Crippen molar-refractivity contribution in [1.29, 1.82) is 0 Å². The number of nitrogens with zero attached hydrogens (tertiary/aromatic N) is 2. The van der Waals surface area contributed by atoms with Crippen LogP contribution in [0.1, 0.15) is 32.6 Å². The first-order valence-electron chi connectivity index (χ1n) is 8.36. The number of carbonyl (C=O) groups is 1. The summed E-state index contributed by atoms with van der Waals surface area (Å²) in [7, 11) is 0. The van der Waals surface area contributed by atoms with Crippen LogP contribution in [-0.4, -0.2) is 41.1 Å². The monoisotopic (exact) mass is 306 g/mol. The predicted octanol–water partition coefficient (Wildman–Crippen LogP) is 1.78. The van der Waals surface area contributed by atoms with E-state index in [4.69, 9.17) is 4.74 Å². The van der Waals surface area contributed by atoms with Crippen molar-refractivity contribution in [3.63, 3.8) is 0 Å². The molecule has 2 fully saturated rings. The highest BCUT2D eigenvalue weighted by molar-refractivity contribution is 5.74. The van der Waals surface area contributed by atoms with Crippen LogP contribution in [-0.2, 0) is 11.3 Å². The van der Waals surface area contributed by atoms with Crippen LogP contribution in [0.5, 0.6) is 0 Å². The lowest BCUT2D eigenvalue weighted by Gasteiger charge is -2.33. The molecule has 2 amide bonds. The van der Waals surface area contributed by atoms with Gasteiger partial charge >= 0.3 is 6.03 Å². The summed E-state index contributed by atoms with van der Waals surface area (Å²) in [6.07, 6.45) is 8.51. The van der Waals surface area contributed by atoms with Crippen molar-refractivity contribution in [1.82, 2.24) is 20.4 Å². The summed E-state index contributed by atoms with van der Waals surface area (Å²) in [5, 5.41) is 10.3. The molecule has 1 aromatic rings. The fourth-order valence-electron chi connectivity index (χ4n) is 3.63. The summed E-state index contributed by atoms with van der Waals surface area (Å²) in [6, 6.07) is 2.13. The molecule has 2 N–H and O–H groups in total. The van der Waals surface area contributed by atoms with Crippen LogP contribution in [0.15, 0.2) is 18.5 Å². The number of aromatic nitrogens is 2. The third-order valence-electron chi connectivity index (χ3n) is 4.77. The quantitative estimate of drug-likeness (QED) is 0.871. The maximum atomic E-state index is 12.1. The second-order valence-corrected chi connectivity index (χ2v) is 6.59. The number of ether oxygens (including phenoxy) is 1. The highest BCUT2D eigenvalue weighted by atomic mass is 16.5. The van der Waals surface area contributed by atoms with Gasteiger partial charge in [0.15, 0.2) is 0 Å². The van der Waals surface area contributed by atoms with Gasteiger partial charge in [0.2, 0.25) is 0 Å². The molecule has 22 heavy (non-hydrogen) atoms. The van der Waals surface area contributed by atoms with E-state index in [1.807, 2.05) is 16.9 Å². The molecule has 0 aromatic carbocycles. The molecule has 0 radical (unpaired) electrons. The molecule has 6 nitrogen and oxygen atoms in total. The zero-order chi connectivity index (χ0) is 15.4. The fraction of sp³-hybridized carbons (Fsp3) is 0.750. The van der Waals surface area contributed by atoms with E-state index in [1.54, 1.807) is 6.20 Å². The molecule has 4 atom stereocenters. The summed E-state index contributed by atoms with van der Waals surface area (Å²) < 4.78 is 7.64. The van der Waals surface area contributed by atoms with E-state index in [-0.39, 0.29) is 12.1 Å². The lowest BCUT2D eigenvalue weighted by atomic mass is 9.82. The van der Waals surface area contributed by atoms with E-state index < -0.39 is 0 Å². The number of hydrogen-bond acceptors (Lipinski definition) is 3. The van der Waals surface area contributed by atoms with E-state index >= 15 is 0 Å². The van der Waals surface area contributed by atoms with E-state index in [1.165, 1.54) is 0 Å². The molecule has 0 unspecified atom stereocenters. The van der Waals surface area contributed by atoms with E-state index in [2.05, 4.69) is 22.7 Å². The minimum absolute atomic E-state index is 0.0511. The molecule has 0 spiro atoms. The Morgan fingerprint density at radius 3 is 3.18 bits per heavy atom. The zero-order valence-electron chi connectivity index (χ0n) is 13.2. The standard InChI is InChI=1S/C16H26N4O2/c1-12(11-20-8-3-7-18-20)10-17-16(21)19-14-4-2-5-15-13(14)6-9-22-15/h3,7-8,12-15H,2,4-6,9-11H2,1H3,(H2,17,19,21)/t12-,13+,14-,15+/m1/s1. The molecule has 2 heterocycles. The average Bonchev–Trinajstić information content (AvgIpc) is 3.16. The highest BCUT2D eigenvalue weighted by Crippen LogP contribution is 2.34. The molecular weight excluding hydrogens is 280 g/mol. The Bertz CT molecular complexity index is 477. The molecule has 6 heteroatoms. The molecule has 3 rings (SSSR count). The van der Waals surface area contributed by atoms with E-state index in [0.717, 1.165) is 38.8 Å². The molecule has 2 aliphatic rings. The van der Waals surface area contributed by atoms with Crippen molar-refractivity contribution < 1.29 is 9.53 Å². The maximum Gasteiger partial charge on any atom is 0.315 e. The highest BCUT2D eigenvalue weighted by Gasteiger charge is 2.38. The van der Waals surface area contributed by atoms with Gasteiger partial charge in [0.1, 0.15) is 0 Å². The van der Waals surface area contributed by atoms with Crippen LogP contribution in [0.3, 0.4) is 0 Å². The first-order valence-corrected chi connectivity index (χ1v) is 8.36. The van der Waals surface area contributed by atoms with Crippen LogP contribution in [0.2, 0.25) is 0 Å². The molecule has 1 aliphatic heterocycles. The largest absolute Gasteiger partial charge is 0.378 e. The van der Waals surface area contributed by atoms with Gasteiger partial charge in [-0.2, -0.15) is 5.10 Å². The summed E-state index contributed by atoms with van der Waals surface area (Å²) in [4.78, 5) is 12.1. The summed E-state index contributed by atoms with van der Waals surface area (Å²) in [5.41, 5.74) is 0. The SMILES string of the molecule is C[C@H](CNC(=O)N[C@@H]1CCC[C@@H]2OCC[C@H]21)Cn1cccn1. The van der Waals surface area contributed by atoms with Crippen molar-refractivity contribution in [2.45, 2.75) is 51.3 Å². The smallest absolute Gasteiger partial charge is 0.315 e. The molecular formula is C16H26N4O2. The van der Waals surface area contributed by atoms with Gasteiger partial charge in [-0.25, -0.2) is 4.79 Å². The van der Waals surface area contributed by atoms with Gasteiger partial charge in [-0.15, -0.1) is 0 Å². The Labute approximate surface area is 131 Å². The third-order valence-corrected chi connectivity index (χ3v) is 4.77. The van der Waals surface area contributed by atoms with Gasteiger partial charge in [0.25, 0.3) is 0 Å². The number of fused-ring (bicyclic) bond motifs is 1. The Morgan fingerprint density at radius 2 is 2.36 bits per heavy atom. The molecule has 1 aliphatic carbocycles. The van der Waals surface area contributed by atoms with Gasteiger partial charge in [0.05, 0.1) is 6.10 Å². The van der Waals surface area contributed by atoms with Crippen molar-refractivity contribution in [3.8, 4) is 0 Å². The Kier molecular flexibility index (Phi) is 4.97. The van der Waals surface area contributed by atoms with E-state index in [0.29, 0.717) is 24.5 Å². The molecule has 1 aromatic heterocycles. The first-order chi connectivity index (χ1) is 10.7. The Hall–Kier alpha value is -1.56. The van der Waals surface area contributed by atoms with Crippen molar-refractivity contribution in [3.05, 3.63) is 18.5 Å². The lowest BCUT2D eigenvalue weighted by molar-refractivity contribution is 0.0549. The normalized spacial score (nSPS) is 28.9. The summed E-state index contributed by atoms with van der Waals surface area (Å²) in [5.74, 6) is 0.848. The third kappa shape index (κ3) is 3.80. The van der Waals surface area contributed by atoms with Crippen molar-refractivity contribution in [2.75, 3.05) is 13.2 Å². The van der Waals surface area contributed by atoms with Crippen LogP contribution < -0.4 is 10.6 Å². The fourth-order valence-corrected chi connectivity index (χ4v) is 3.63. The number of rotatable bonds is 5. The first kappa shape index (κ1) is 15.3. The number of hydrogen-bond donors (Lipinski definition) is 2. The van der Waals surface area contributed by atoms with Gasteiger partial charge in [-0.05, 0) is 37.7 Å². The van der Waals surface area contributed by atoms with Crippen LogP contribution in [0.4, 0.5) is 4.79 Å². The van der Waals surface area contributed by atoms with Gasteiger partial charge in [-0.1, -0.05) is 6.92 Å².